The number of nitrogens with zero attached hydrogens (tertiary/aromatic N) is 4. The topological polar surface area (TPSA) is 71.0 Å². The molecular formula is C24H27N5O. The number of hydrogen-bond acceptors (Lipinski definition) is 5. The van der Waals surface area contributed by atoms with Crippen LogP contribution in [0.2, 0.25) is 0 Å². The van der Waals surface area contributed by atoms with Crippen LogP contribution in [0.3, 0.4) is 0 Å². The average molecular weight is 402 g/mol. The molecule has 154 valence electrons. The van der Waals surface area contributed by atoms with Gasteiger partial charge in [-0.1, -0.05) is 29.8 Å². The number of nitrogens with one attached hydrogen (secondary N) is 1. The Morgan fingerprint density at radius 2 is 1.87 bits per heavy atom. The SMILES string of the molecule is Cc1cccc(-c2ncc(CN3CCC(C(=O)NCc4ccccn4)CC3)cn2)c1. The molecule has 1 amide bonds. The van der Waals surface area contributed by atoms with Crippen molar-refractivity contribution in [3.05, 3.63) is 77.9 Å². The van der Waals surface area contributed by atoms with Gasteiger partial charge in [-0.15, -0.1) is 0 Å². The van der Waals surface area contributed by atoms with E-state index in [1.54, 1.807) is 6.20 Å². The van der Waals surface area contributed by atoms with E-state index in [0.717, 1.165) is 55.1 Å². The molecule has 0 saturated carbocycles. The molecule has 4 rings (SSSR count). The van der Waals surface area contributed by atoms with Gasteiger partial charge in [0.25, 0.3) is 0 Å². The first kappa shape index (κ1) is 20.2. The lowest BCUT2D eigenvalue weighted by Gasteiger charge is -2.31. The van der Waals surface area contributed by atoms with Crippen molar-refractivity contribution in [3.8, 4) is 11.4 Å². The number of amides is 1. The minimum atomic E-state index is 0.0740. The Morgan fingerprint density at radius 3 is 2.57 bits per heavy atom. The standard InChI is InChI=1S/C24H27N5O/c1-18-5-4-6-21(13-18)23-26-14-19(15-27-23)17-29-11-8-20(9-12-29)24(30)28-16-22-7-2-3-10-25-22/h2-7,10,13-15,20H,8-9,11-12,16-17H2,1H3,(H,28,30). The van der Waals surface area contributed by atoms with Crippen molar-refractivity contribution in [3.63, 3.8) is 0 Å². The number of carbonyl (C=O) groups excluding carboxylic acids is 1. The van der Waals surface area contributed by atoms with E-state index in [0.29, 0.717) is 6.54 Å². The van der Waals surface area contributed by atoms with Crippen LogP contribution in [0.25, 0.3) is 11.4 Å². The van der Waals surface area contributed by atoms with Crippen molar-refractivity contribution in [2.75, 3.05) is 13.1 Å². The van der Waals surface area contributed by atoms with Crippen LogP contribution in [-0.2, 0) is 17.9 Å². The number of likely N-dealkylation sites (tertiary alicyclic amines) is 1. The molecule has 0 spiro atoms. The maximum absolute atomic E-state index is 12.5. The van der Waals surface area contributed by atoms with Gasteiger partial charge in [0.2, 0.25) is 5.91 Å². The molecule has 30 heavy (non-hydrogen) atoms. The van der Waals surface area contributed by atoms with E-state index >= 15 is 0 Å². The molecule has 0 atom stereocenters. The second kappa shape index (κ2) is 9.59. The van der Waals surface area contributed by atoms with Crippen molar-refractivity contribution >= 4 is 5.91 Å². The number of benzene rings is 1. The first-order valence-corrected chi connectivity index (χ1v) is 10.5. The molecule has 1 fully saturated rings. The molecular weight excluding hydrogens is 374 g/mol. The van der Waals surface area contributed by atoms with E-state index < -0.39 is 0 Å². The zero-order valence-electron chi connectivity index (χ0n) is 17.3. The molecule has 0 unspecified atom stereocenters. The van der Waals surface area contributed by atoms with Gasteiger partial charge in [-0.05, 0) is 51.1 Å². The van der Waals surface area contributed by atoms with Gasteiger partial charge in [-0.25, -0.2) is 9.97 Å². The van der Waals surface area contributed by atoms with E-state index in [1.807, 2.05) is 42.7 Å². The van der Waals surface area contributed by atoms with Gasteiger partial charge in [0.05, 0.1) is 12.2 Å². The van der Waals surface area contributed by atoms with Crippen LogP contribution in [0.15, 0.2) is 61.1 Å². The minimum Gasteiger partial charge on any atom is -0.350 e. The zero-order valence-corrected chi connectivity index (χ0v) is 17.3. The molecule has 0 radical (unpaired) electrons. The van der Waals surface area contributed by atoms with Gasteiger partial charge in [-0.3, -0.25) is 14.7 Å². The molecule has 6 heteroatoms. The van der Waals surface area contributed by atoms with Crippen molar-refractivity contribution < 1.29 is 4.79 Å². The average Bonchev–Trinajstić information content (AvgIpc) is 2.79. The second-order valence-corrected chi connectivity index (χ2v) is 7.87. The maximum atomic E-state index is 12.5. The summed E-state index contributed by atoms with van der Waals surface area (Å²) in [6.45, 7) is 5.18. The predicted molar refractivity (Wildman–Crippen MR) is 116 cm³/mol. The van der Waals surface area contributed by atoms with Crippen LogP contribution in [0.1, 0.15) is 29.7 Å². The molecule has 6 nitrogen and oxygen atoms in total. The van der Waals surface area contributed by atoms with Gasteiger partial charge in [0.1, 0.15) is 0 Å². The van der Waals surface area contributed by atoms with E-state index in [4.69, 9.17) is 0 Å². The highest BCUT2D eigenvalue weighted by Crippen LogP contribution is 2.20. The lowest BCUT2D eigenvalue weighted by molar-refractivity contribution is -0.126. The molecule has 1 aliphatic heterocycles. The summed E-state index contributed by atoms with van der Waals surface area (Å²) in [5.74, 6) is 0.960. The lowest BCUT2D eigenvalue weighted by Crippen LogP contribution is -2.40. The summed E-state index contributed by atoms with van der Waals surface area (Å²) in [6.07, 6.45) is 7.32. The predicted octanol–water partition coefficient (Wildman–Crippen LogP) is 3.38. The highest BCUT2D eigenvalue weighted by Gasteiger charge is 2.25. The number of rotatable bonds is 6. The zero-order chi connectivity index (χ0) is 20.8. The van der Waals surface area contributed by atoms with Crippen LogP contribution in [0, 0.1) is 12.8 Å². The van der Waals surface area contributed by atoms with Gasteiger partial charge < -0.3 is 5.32 Å². The highest BCUT2D eigenvalue weighted by molar-refractivity contribution is 5.78. The number of aromatic nitrogens is 3. The largest absolute Gasteiger partial charge is 0.350 e. The van der Waals surface area contributed by atoms with E-state index in [-0.39, 0.29) is 11.8 Å². The Labute approximate surface area is 177 Å². The Bertz CT molecular complexity index is 966. The Balaban J connectivity index is 1.25. The third kappa shape index (κ3) is 5.27. The maximum Gasteiger partial charge on any atom is 0.223 e. The summed E-state index contributed by atoms with van der Waals surface area (Å²) >= 11 is 0. The Hall–Kier alpha value is -3.12. The number of hydrogen-bond donors (Lipinski definition) is 1. The summed E-state index contributed by atoms with van der Waals surface area (Å²) in [4.78, 5) is 28.2. The van der Waals surface area contributed by atoms with Gasteiger partial charge >= 0.3 is 0 Å². The van der Waals surface area contributed by atoms with Crippen LogP contribution < -0.4 is 5.32 Å². The normalized spacial score (nSPS) is 15.1. The molecule has 3 aromatic rings. The molecule has 0 bridgehead atoms. The number of piperidine rings is 1. The fraction of sp³-hybridized carbons (Fsp3) is 0.333. The molecule has 3 heterocycles. The van der Waals surface area contributed by atoms with Gasteiger partial charge in [0, 0.05) is 42.2 Å². The molecule has 2 aromatic heterocycles. The summed E-state index contributed by atoms with van der Waals surface area (Å²) in [7, 11) is 0. The number of aryl methyl sites for hydroxylation is 1. The summed E-state index contributed by atoms with van der Waals surface area (Å²) in [5, 5.41) is 3.02. The third-order valence-electron chi connectivity index (χ3n) is 5.52. The van der Waals surface area contributed by atoms with E-state index in [1.165, 1.54) is 5.56 Å². The molecule has 1 aromatic carbocycles. The molecule has 1 aliphatic rings. The Morgan fingerprint density at radius 1 is 1.07 bits per heavy atom. The van der Waals surface area contributed by atoms with Crippen LogP contribution in [0.4, 0.5) is 0 Å². The van der Waals surface area contributed by atoms with Gasteiger partial charge in [0.15, 0.2) is 5.82 Å². The van der Waals surface area contributed by atoms with Crippen molar-refractivity contribution in [1.29, 1.82) is 0 Å². The Kier molecular flexibility index (Phi) is 6.44. The molecule has 1 N–H and O–H groups in total. The highest BCUT2D eigenvalue weighted by atomic mass is 16.1. The summed E-state index contributed by atoms with van der Waals surface area (Å²) < 4.78 is 0. The van der Waals surface area contributed by atoms with Crippen LogP contribution >= 0.6 is 0 Å². The van der Waals surface area contributed by atoms with Gasteiger partial charge in [-0.2, -0.15) is 0 Å². The smallest absolute Gasteiger partial charge is 0.223 e. The summed E-state index contributed by atoms with van der Waals surface area (Å²) in [5.41, 5.74) is 4.23. The van der Waals surface area contributed by atoms with E-state index in [9.17, 15) is 4.79 Å². The quantitative estimate of drug-likeness (QED) is 0.686. The first-order chi connectivity index (χ1) is 14.7. The monoisotopic (exact) mass is 401 g/mol. The molecule has 0 aliphatic carbocycles. The molecule has 1 saturated heterocycles. The van der Waals surface area contributed by atoms with E-state index in [2.05, 4.69) is 44.2 Å². The second-order valence-electron chi connectivity index (χ2n) is 7.87. The van der Waals surface area contributed by atoms with Crippen molar-refractivity contribution in [2.24, 2.45) is 5.92 Å². The first-order valence-electron chi connectivity index (χ1n) is 10.5. The lowest BCUT2D eigenvalue weighted by atomic mass is 9.95. The fourth-order valence-corrected chi connectivity index (χ4v) is 3.81. The van der Waals surface area contributed by atoms with Crippen molar-refractivity contribution in [1.82, 2.24) is 25.2 Å². The van der Waals surface area contributed by atoms with Crippen molar-refractivity contribution in [2.45, 2.75) is 32.9 Å². The number of carbonyl (C=O) groups is 1. The summed E-state index contributed by atoms with van der Waals surface area (Å²) in [6, 6.07) is 14.0. The number of pyridine rings is 1. The minimum absolute atomic E-state index is 0.0740. The van der Waals surface area contributed by atoms with Crippen LogP contribution in [-0.4, -0.2) is 38.8 Å². The van der Waals surface area contributed by atoms with Crippen LogP contribution in [0.5, 0.6) is 0 Å². The third-order valence-corrected chi connectivity index (χ3v) is 5.52. The fourth-order valence-electron chi connectivity index (χ4n) is 3.81.